The van der Waals surface area contributed by atoms with Crippen LogP contribution in [0.15, 0.2) is 42.5 Å². The van der Waals surface area contributed by atoms with Crippen molar-refractivity contribution in [2.75, 3.05) is 20.8 Å². The highest BCUT2D eigenvalue weighted by atomic mass is 16.5. The summed E-state index contributed by atoms with van der Waals surface area (Å²) in [6.45, 7) is 1.48. The molecule has 0 aromatic heterocycles. The Morgan fingerprint density at radius 3 is 2.11 bits per heavy atom. The van der Waals surface area contributed by atoms with Crippen LogP contribution in [0.1, 0.15) is 24.5 Å². The average molecular weight is 530 g/mol. The number of nitrogens with one attached hydrogen (secondary N) is 3. The van der Waals surface area contributed by atoms with E-state index in [4.69, 9.17) is 20.9 Å². The minimum absolute atomic E-state index is 0.00484. The quantitative estimate of drug-likeness (QED) is 0.188. The summed E-state index contributed by atoms with van der Waals surface area (Å²) in [4.78, 5) is 49.4. The number of ether oxygens (including phenoxy) is 2. The number of carbonyl (C=O) groups is 4. The molecule has 0 aliphatic heterocycles. The largest absolute Gasteiger partial charge is 0.508 e. The van der Waals surface area contributed by atoms with Crippen molar-refractivity contribution in [1.82, 2.24) is 16.0 Å². The van der Waals surface area contributed by atoms with Gasteiger partial charge in [-0.15, -0.1) is 0 Å². The predicted molar refractivity (Wildman–Crippen MR) is 139 cm³/mol. The number of hydrogen-bond donors (Lipinski definition) is 6. The zero-order valence-electron chi connectivity index (χ0n) is 21.7. The first-order chi connectivity index (χ1) is 18.0. The molecular weight excluding hydrogens is 494 g/mol. The molecule has 0 saturated carbocycles. The fraction of sp³-hybridized carbons (Fsp3) is 0.385. The van der Waals surface area contributed by atoms with Gasteiger partial charge in [-0.25, -0.2) is 0 Å². The molecule has 0 aliphatic rings. The number of phenols is 1. The van der Waals surface area contributed by atoms with Gasteiger partial charge in [0.15, 0.2) is 11.5 Å². The van der Waals surface area contributed by atoms with E-state index in [1.165, 1.54) is 33.3 Å². The molecule has 0 bridgehead atoms. The van der Waals surface area contributed by atoms with E-state index in [-0.39, 0.29) is 31.6 Å². The Morgan fingerprint density at radius 1 is 0.868 bits per heavy atom. The zero-order valence-corrected chi connectivity index (χ0v) is 21.7. The summed E-state index contributed by atoms with van der Waals surface area (Å²) in [6, 6.07) is 8.39. The monoisotopic (exact) mass is 529 g/mol. The maximum atomic E-state index is 12.9. The average Bonchev–Trinajstić information content (AvgIpc) is 2.88. The molecule has 0 saturated heterocycles. The molecular formula is C26H35N5O7. The van der Waals surface area contributed by atoms with Crippen LogP contribution in [0.3, 0.4) is 0 Å². The Bertz CT molecular complexity index is 1120. The normalized spacial score (nSPS) is 12.9. The van der Waals surface area contributed by atoms with Gasteiger partial charge in [-0.1, -0.05) is 18.2 Å². The summed E-state index contributed by atoms with van der Waals surface area (Å²) < 4.78 is 10.5. The number of rotatable bonds is 14. The molecule has 2 aromatic carbocycles. The number of nitrogens with two attached hydrogens (primary N) is 2. The molecule has 2 aromatic rings. The molecule has 12 heteroatoms. The maximum Gasteiger partial charge on any atom is 0.242 e. The van der Waals surface area contributed by atoms with Crippen LogP contribution >= 0.6 is 0 Å². The SMILES string of the molecule is COc1ccc(CC(NC(=O)[C@@H](C)NC(=O)C(N)Cc2ccc(O)cc2)C(=O)NCCC(N)=O)cc1OC. The molecule has 8 N–H and O–H groups in total. The Balaban J connectivity index is 2.07. The van der Waals surface area contributed by atoms with E-state index in [9.17, 15) is 24.3 Å². The van der Waals surface area contributed by atoms with E-state index in [1.807, 2.05) is 0 Å². The van der Waals surface area contributed by atoms with Crippen LogP contribution in [0.25, 0.3) is 0 Å². The highest BCUT2D eigenvalue weighted by Crippen LogP contribution is 2.28. The van der Waals surface area contributed by atoms with Crippen molar-refractivity contribution in [2.24, 2.45) is 11.5 Å². The molecule has 12 nitrogen and oxygen atoms in total. The second-order valence-corrected chi connectivity index (χ2v) is 8.67. The number of hydrogen-bond acceptors (Lipinski definition) is 8. The second-order valence-electron chi connectivity index (χ2n) is 8.67. The summed E-state index contributed by atoms with van der Waals surface area (Å²) in [5, 5.41) is 17.2. The number of carbonyl (C=O) groups excluding carboxylic acids is 4. The van der Waals surface area contributed by atoms with Gasteiger partial charge in [0.2, 0.25) is 23.6 Å². The number of primary amides is 1. The van der Waals surface area contributed by atoms with Crippen molar-refractivity contribution in [2.45, 2.75) is 44.3 Å². The zero-order chi connectivity index (χ0) is 28.2. The summed E-state index contributed by atoms with van der Waals surface area (Å²) >= 11 is 0. The molecule has 0 aliphatic carbocycles. The second kappa shape index (κ2) is 14.4. The topological polar surface area (TPSA) is 195 Å². The van der Waals surface area contributed by atoms with Gasteiger partial charge in [0.25, 0.3) is 0 Å². The first-order valence-electron chi connectivity index (χ1n) is 11.9. The molecule has 38 heavy (non-hydrogen) atoms. The molecule has 2 rings (SSSR count). The lowest BCUT2D eigenvalue weighted by Crippen LogP contribution is -2.55. The van der Waals surface area contributed by atoms with Crippen LogP contribution in [0.2, 0.25) is 0 Å². The molecule has 0 radical (unpaired) electrons. The highest BCUT2D eigenvalue weighted by molar-refractivity contribution is 5.93. The van der Waals surface area contributed by atoms with Crippen LogP contribution in [-0.4, -0.2) is 67.6 Å². The van der Waals surface area contributed by atoms with Crippen molar-refractivity contribution in [3.63, 3.8) is 0 Å². The van der Waals surface area contributed by atoms with E-state index in [0.29, 0.717) is 17.1 Å². The summed E-state index contributed by atoms with van der Waals surface area (Å²) in [7, 11) is 2.98. The van der Waals surface area contributed by atoms with Crippen LogP contribution in [0.5, 0.6) is 17.2 Å². The van der Waals surface area contributed by atoms with Crippen molar-refractivity contribution in [1.29, 1.82) is 0 Å². The van der Waals surface area contributed by atoms with E-state index in [1.54, 1.807) is 30.3 Å². The van der Waals surface area contributed by atoms with Crippen molar-refractivity contribution in [3.05, 3.63) is 53.6 Å². The number of amides is 4. The van der Waals surface area contributed by atoms with Crippen LogP contribution in [-0.2, 0) is 32.0 Å². The van der Waals surface area contributed by atoms with Gasteiger partial charge in [-0.3, -0.25) is 19.2 Å². The van der Waals surface area contributed by atoms with Crippen molar-refractivity contribution >= 4 is 23.6 Å². The van der Waals surface area contributed by atoms with Gasteiger partial charge in [0.1, 0.15) is 17.8 Å². The highest BCUT2D eigenvalue weighted by Gasteiger charge is 2.26. The predicted octanol–water partition coefficient (Wildman–Crippen LogP) is -0.497. The van der Waals surface area contributed by atoms with Crippen LogP contribution in [0.4, 0.5) is 0 Å². The standard InChI is InChI=1S/C26H35N5O7/c1-15(30-25(35)19(27)12-16-4-7-18(32)8-5-16)24(34)31-20(26(36)29-11-10-23(28)33)13-17-6-9-21(37-2)22(14-17)38-3/h4-9,14-15,19-20,32H,10-13,27H2,1-3H3,(H2,28,33)(H,29,36)(H,30,35)(H,31,34)/t15-,19?,20?/m1/s1. The van der Waals surface area contributed by atoms with Crippen molar-refractivity contribution in [3.8, 4) is 17.2 Å². The molecule has 3 atom stereocenters. The fourth-order valence-electron chi connectivity index (χ4n) is 3.55. The molecule has 0 heterocycles. The number of benzene rings is 2. The van der Waals surface area contributed by atoms with E-state index in [0.717, 1.165) is 5.56 Å². The van der Waals surface area contributed by atoms with Gasteiger partial charge in [0.05, 0.1) is 20.3 Å². The van der Waals surface area contributed by atoms with Crippen LogP contribution < -0.4 is 36.9 Å². The lowest BCUT2D eigenvalue weighted by Gasteiger charge is -2.22. The van der Waals surface area contributed by atoms with Crippen molar-refractivity contribution < 1.29 is 33.8 Å². The minimum Gasteiger partial charge on any atom is -0.508 e. The number of phenolic OH excluding ortho intramolecular Hbond substituents is 1. The van der Waals surface area contributed by atoms with Gasteiger partial charge >= 0.3 is 0 Å². The van der Waals surface area contributed by atoms with Gasteiger partial charge in [-0.05, 0) is 48.7 Å². The Morgan fingerprint density at radius 2 is 1.50 bits per heavy atom. The van der Waals surface area contributed by atoms with Gasteiger partial charge in [0, 0.05) is 19.4 Å². The number of aromatic hydroxyl groups is 1. The smallest absolute Gasteiger partial charge is 0.242 e. The van der Waals surface area contributed by atoms with E-state index < -0.39 is 41.8 Å². The lowest BCUT2D eigenvalue weighted by molar-refractivity contribution is -0.132. The molecule has 206 valence electrons. The third-order valence-corrected chi connectivity index (χ3v) is 5.67. The Kier molecular flexibility index (Phi) is 11.4. The molecule has 0 fully saturated rings. The Hall–Kier alpha value is -4.32. The molecule has 4 amide bonds. The summed E-state index contributed by atoms with van der Waals surface area (Å²) in [6.07, 6.45) is 0.230. The van der Waals surface area contributed by atoms with Gasteiger partial charge in [-0.2, -0.15) is 0 Å². The van der Waals surface area contributed by atoms with Crippen LogP contribution in [0, 0.1) is 0 Å². The van der Waals surface area contributed by atoms with E-state index >= 15 is 0 Å². The minimum atomic E-state index is -1.03. The third kappa shape index (κ3) is 9.28. The first-order valence-corrected chi connectivity index (χ1v) is 11.9. The lowest BCUT2D eigenvalue weighted by atomic mass is 10.0. The molecule has 0 spiro atoms. The van der Waals surface area contributed by atoms with Gasteiger partial charge < -0.3 is 42.0 Å². The maximum absolute atomic E-state index is 12.9. The fourth-order valence-corrected chi connectivity index (χ4v) is 3.55. The summed E-state index contributed by atoms with van der Waals surface area (Å²) in [5.41, 5.74) is 12.5. The third-order valence-electron chi connectivity index (χ3n) is 5.67. The molecule has 2 unspecified atom stereocenters. The Labute approximate surface area is 221 Å². The number of methoxy groups -OCH3 is 2. The summed E-state index contributed by atoms with van der Waals surface area (Å²) in [5.74, 6) is -1.22. The first kappa shape index (κ1) is 29.9. The van der Waals surface area contributed by atoms with E-state index in [2.05, 4.69) is 16.0 Å².